The molecule has 2 rings (SSSR count). The third-order valence-electron chi connectivity index (χ3n) is 3.28. The molecule has 0 aliphatic carbocycles. The van der Waals surface area contributed by atoms with Crippen molar-refractivity contribution >= 4 is 33.2 Å². The minimum atomic E-state index is -2.70. The SMILES string of the molecule is COc1ccc(NC(=S)N[C@]2(C)CC[S+](=O)(O)C2)cc1. The van der Waals surface area contributed by atoms with Crippen molar-refractivity contribution in [2.75, 3.05) is 23.9 Å². The Labute approximate surface area is 125 Å². The monoisotopic (exact) mass is 315 g/mol. The van der Waals surface area contributed by atoms with Gasteiger partial charge in [0.25, 0.3) is 0 Å². The number of rotatable bonds is 3. The second-order valence-electron chi connectivity index (χ2n) is 5.24. The fourth-order valence-electron chi connectivity index (χ4n) is 2.24. The maximum atomic E-state index is 11.7. The van der Waals surface area contributed by atoms with Crippen LogP contribution in [0.25, 0.3) is 0 Å². The molecule has 1 aromatic carbocycles. The lowest BCUT2D eigenvalue weighted by atomic mass is 10.0. The summed E-state index contributed by atoms with van der Waals surface area (Å²) in [4.78, 5) is 0. The number of anilines is 1. The zero-order chi connectivity index (χ0) is 14.8. The van der Waals surface area contributed by atoms with Crippen molar-refractivity contribution in [3.8, 4) is 5.75 Å². The van der Waals surface area contributed by atoms with Gasteiger partial charge in [0.05, 0.1) is 12.6 Å². The van der Waals surface area contributed by atoms with E-state index < -0.39 is 15.8 Å². The Morgan fingerprint density at radius 1 is 1.45 bits per heavy atom. The van der Waals surface area contributed by atoms with Crippen molar-refractivity contribution in [1.29, 1.82) is 0 Å². The molecule has 0 spiro atoms. The van der Waals surface area contributed by atoms with Gasteiger partial charge in [-0.25, -0.2) is 0 Å². The van der Waals surface area contributed by atoms with Crippen LogP contribution in [-0.2, 0) is 14.4 Å². The molecule has 0 bridgehead atoms. The van der Waals surface area contributed by atoms with Gasteiger partial charge in [0.1, 0.15) is 11.5 Å². The minimum absolute atomic E-state index is 0.227. The highest BCUT2D eigenvalue weighted by atomic mass is 32.3. The number of methoxy groups -OCH3 is 1. The Hall–Kier alpha value is -1.18. The summed E-state index contributed by atoms with van der Waals surface area (Å²) in [6.45, 7) is 1.91. The van der Waals surface area contributed by atoms with Crippen molar-refractivity contribution in [1.82, 2.24) is 5.32 Å². The summed E-state index contributed by atoms with van der Waals surface area (Å²) in [5, 5.41) is 6.65. The molecule has 3 N–H and O–H groups in total. The molecule has 1 aromatic rings. The van der Waals surface area contributed by atoms with Crippen molar-refractivity contribution in [3.63, 3.8) is 0 Å². The largest absolute Gasteiger partial charge is 0.497 e. The second kappa shape index (κ2) is 5.67. The Bertz CT molecular complexity index is 547. The number of hydrogen-bond acceptors (Lipinski definition) is 3. The van der Waals surface area contributed by atoms with Crippen LogP contribution < -0.4 is 15.4 Å². The molecule has 0 saturated carbocycles. The first-order valence-electron chi connectivity index (χ1n) is 6.27. The van der Waals surface area contributed by atoms with Crippen molar-refractivity contribution in [2.45, 2.75) is 18.9 Å². The molecule has 1 heterocycles. The van der Waals surface area contributed by atoms with Crippen LogP contribution in [0.15, 0.2) is 24.3 Å². The number of ether oxygens (including phenoxy) is 1. The van der Waals surface area contributed by atoms with Crippen LogP contribution in [0.5, 0.6) is 5.75 Å². The van der Waals surface area contributed by atoms with Crippen LogP contribution in [-0.4, -0.2) is 33.8 Å². The Morgan fingerprint density at radius 3 is 2.60 bits per heavy atom. The van der Waals surface area contributed by atoms with Gasteiger partial charge < -0.3 is 15.4 Å². The van der Waals surface area contributed by atoms with Gasteiger partial charge in [0.15, 0.2) is 10.9 Å². The van der Waals surface area contributed by atoms with E-state index >= 15 is 0 Å². The zero-order valence-corrected chi connectivity index (χ0v) is 13.1. The fraction of sp³-hybridized carbons (Fsp3) is 0.462. The number of nitrogens with one attached hydrogen (secondary N) is 2. The van der Waals surface area contributed by atoms with Crippen LogP contribution >= 0.6 is 12.2 Å². The quantitative estimate of drug-likeness (QED) is 0.586. The van der Waals surface area contributed by atoms with Gasteiger partial charge in [-0.15, -0.1) is 0 Å². The van der Waals surface area contributed by atoms with E-state index in [-0.39, 0.29) is 5.75 Å². The molecule has 1 aliphatic heterocycles. The normalized spacial score (nSPS) is 28.9. The molecule has 110 valence electrons. The van der Waals surface area contributed by atoms with Gasteiger partial charge in [-0.05, 0) is 43.4 Å². The summed E-state index contributed by atoms with van der Waals surface area (Å²) >= 11 is 5.25. The summed E-state index contributed by atoms with van der Waals surface area (Å²) in [7, 11) is -1.08. The average molecular weight is 315 g/mol. The van der Waals surface area contributed by atoms with Gasteiger partial charge >= 0.3 is 0 Å². The predicted octanol–water partition coefficient (Wildman–Crippen LogP) is 2.12. The van der Waals surface area contributed by atoms with Crippen LogP contribution in [0.1, 0.15) is 13.3 Å². The molecule has 5 nitrogen and oxygen atoms in total. The zero-order valence-electron chi connectivity index (χ0n) is 11.5. The first-order valence-corrected chi connectivity index (χ1v) is 8.53. The molecular weight excluding hydrogens is 296 g/mol. The highest BCUT2D eigenvalue weighted by molar-refractivity contribution is 7.98. The van der Waals surface area contributed by atoms with Gasteiger partial charge in [0.2, 0.25) is 10.2 Å². The third-order valence-corrected chi connectivity index (χ3v) is 5.41. The molecule has 1 unspecified atom stereocenters. The summed E-state index contributed by atoms with van der Waals surface area (Å²) in [5.41, 5.74) is 0.414. The molecule has 0 amide bonds. The van der Waals surface area contributed by atoms with E-state index in [9.17, 15) is 8.76 Å². The lowest BCUT2D eigenvalue weighted by molar-refractivity contribution is 0.415. The average Bonchev–Trinajstić information content (AvgIpc) is 2.64. The van der Waals surface area contributed by atoms with E-state index in [1.807, 2.05) is 31.2 Å². The smallest absolute Gasteiger partial charge is 0.216 e. The molecule has 0 aromatic heterocycles. The first-order chi connectivity index (χ1) is 9.32. The van der Waals surface area contributed by atoms with Gasteiger partial charge in [-0.3, -0.25) is 0 Å². The van der Waals surface area contributed by atoms with E-state index in [1.54, 1.807) is 7.11 Å². The number of thiocarbonyl (C=S) groups is 1. The summed E-state index contributed by atoms with van der Waals surface area (Å²) in [6.07, 6.45) is 0.632. The fourth-order valence-corrected chi connectivity index (χ4v) is 4.73. The van der Waals surface area contributed by atoms with E-state index in [0.717, 1.165) is 11.4 Å². The van der Waals surface area contributed by atoms with E-state index in [4.69, 9.17) is 17.0 Å². The molecule has 2 atom stereocenters. The summed E-state index contributed by atoms with van der Waals surface area (Å²) in [5.74, 6) is 1.32. The standard InChI is InChI=1S/C13H18N2O3S2/c1-13(7-8-20(16,17)9-13)15-12(19)14-10-3-5-11(18-2)6-4-10/h3-6H,7-9H2,1-2H3,(H2-,14,15,16,17,19)/p+1/t13-/m1/s1. The van der Waals surface area contributed by atoms with Gasteiger partial charge in [-0.2, -0.15) is 4.55 Å². The van der Waals surface area contributed by atoms with Crippen LogP contribution in [0.3, 0.4) is 0 Å². The Kier molecular flexibility index (Phi) is 4.31. The van der Waals surface area contributed by atoms with Crippen molar-refractivity contribution in [3.05, 3.63) is 24.3 Å². The molecule has 1 saturated heterocycles. The Morgan fingerprint density at radius 2 is 2.10 bits per heavy atom. The van der Waals surface area contributed by atoms with Crippen molar-refractivity contribution in [2.24, 2.45) is 0 Å². The lowest BCUT2D eigenvalue weighted by Crippen LogP contribution is -2.48. The Balaban J connectivity index is 1.94. The second-order valence-corrected chi connectivity index (χ2v) is 7.89. The molecule has 20 heavy (non-hydrogen) atoms. The van der Waals surface area contributed by atoms with E-state index in [2.05, 4.69) is 10.6 Å². The molecule has 7 heteroatoms. The van der Waals surface area contributed by atoms with Crippen LogP contribution in [0.2, 0.25) is 0 Å². The molecule has 1 fully saturated rings. The molecule has 1 aliphatic rings. The number of hydrogen-bond donors (Lipinski definition) is 3. The highest BCUT2D eigenvalue weighted by Crippen LogP contribution is 2.26. The lowest BCUT2D eigenvalue weighted by Gasteiger charge is -2.23. The first kappa shape index (κ1) is 15.2. The highest BCUT2D eigenvalue weighted by Gasteiger charge is 2.47. The van der Waals surface area contributed by atoms with Gasteiger partial charge in [-0.1, -0.05) is 4.21 Å². The summed E-state index contributed by atoms with van der Waals surface area (Å²) in [6, 6.07) is 7.39. The maximum Gasteiger partial charge on any atom is 0.216 e. The van der Waals surface area contributed by atoms with E-state index in [1.165, 1.54) is 0 Å². The maximum absolute atomic E-state index is 11.7. The third kappa shape index (κ3) is 3.91. The van der Waals surface area contributed by atoms with Crippen LogP contribution in [0.4, 0.5) is 5.69 Å². The summed E-state index contributed by atoms with van der Waals surface area (Å²) < 4.78 is 26.3. The van der Waals surface area contributed by atoms with E-state index in [0.29, 0.717) is 17.3 Å². The van der Waals surface area contributed by atoms with Crippen molar-refractivity contribution < 1.29 is 13.5 Å². The minimum Gasteiger partial charge on any atom is -0.497 e. The molecular formula is C13H19N2O3S2+. The molecule has 0 radical (unpaired) electrons. The van der Waals surface area contributed by atoms with Crippen LogP contribution in [0, 0.1) is 0 Å². The number of benzene rings is 1. The topological polar surface area (TPSA) is 70.6 Å². The van der Waals surface area contributed by atoms with Gasteiger partial charge in [0, 0.05) is 12.1 Å². The predicted molar refractivity (Wildman–Crippen MR) is 85.8 cm³/mol.